The van der Waals surface area contributed by atoms with E-state index in [1.54, 1.807) is 69.3 Å². The topological polar surface area (TPSA) is 176 Å². The summed E-state index contributed by atoms with van der Waals surface area (Å²) in [4.78, 5) is 52.6. The van der Waals surface area contributed by atoms with Gasteiger partial charge in [-0.15, -0.1) is 0 Å². The number of carbonyl (C=O) groups is 3. The second kappa shape index (κ2) is 11.2. The molecule has 1 saturated heterocycles. The van der Waals surface area contributed by atoms with Crippen molar-refractivity contribution in [3.8, 4) is 17.1 Å². The number of nitrogens with one attached hydrogen (secondary N) is 1. The van der Waals surface area contributed by atoms with Gasteiger partial charge in [0.15, 0.2) is 11.9 Å². The summed E-state index contributed by atoms with van der Waals surface area (Å²) in [5, 5.41) is 3.64. The number of nitrogens with two attached hydrogens (primary N) is 1. The molecule has 0 radical (unpaired) electrons. The molecule has 1 aliphatic rings. The van der Waals surface area contributed by atoms with Crippen LogP contribution >= 0.6 is 0 Å². The van der Waals surface area contributed by atoms with Gasteiger partial charge in [0.1, 0.15) is 18.0 Å². The van der Waals surface area contributed by atoms with E-state index in [1.165, 1.54) is 4.90 Å². The van der Waals surface area contributed by atoms with Crippen LogP contribution in [-0.2, 0) is 30.2 Å². The Morgan fingerprint density at radius 2 is 1.75 bits per heavy atom. The lowest BCUT2D eigenvalue weighted by Crippen LogP contribution is -2.59. The molecule has 3 aromatic rings. The van der Waals surface area contributed by atoms with Gasteiger partial charge in [0.2, 0.25) is 5.54 Å². The van der Waals surface area contributed by atoms with Gasteiger partial charge < -0.3 is 24.7 Å². The Labute approximate surface area is 229 Å². The maximum atomic E-state index is 12.7. The Morgan fingerprint density at radius 1 is 1.07 bits per heavy atom. The van der Waals surface area contributed by atoms with Crippen molar-refractivity contribution in [3.63, 3.8) is 0 Å². The fraction of sp³-hybridized carbons (Fsp3) is 0.370. The number of cyclic esters (lactones) is 1. The van der Waals surface area contributed by atoms with E-state index in [9.17, 15) is 19.2 Å². The van der Waals surface area contributed by atoms with Gasteiger partial charge in [-0.1, -0.05) is 17.3 Å². The molecule has 2 atom stereocenters. The summed E-state index contributed by atoms with van der Waals surface area (Å²) in [5.74, 6) is -1.68. The Hall–Kier alpha value is -4.65. The molecule has 0 aliphatic carbocycles. The fourth-order valence-corrected chi connectivity index (χ4v) is 3.97. The molecule has 0 saturated carbocycles. The van der Waals surface area contributed by atoms with E-state index in [-0.39, 0.29) is 25.4 Å². The molecule has 212 valence electrons. The lowest BCUT2D eigenvalue weighted by molar-refractivity contribution is -0.170. The first-order chi connectivity index (χ1) is 18.9. The number of hydrogen-bond acceptors (Lipinski definition) is 11. The van der Waals surface area contributed by atoms with Gasteiger partial charge in [0.25, 0.3) is 0 Å². The first-order valence-corrected chi connectivity index (χ1v) is 12.3. The van der Waals surface area contributed by atoms with Gasteiger partial charge in [-0.25, -0.2) is 19.2 Å². The van der Waals surface area contributed by atoms with E-state index < -0.39 is 41.0 Å². The molecular weight excluding hydrogens is 524 g/mol. The molecule has 40 heavy (non-hydrogen) atoms. The summed E-state index contributed by atoms with van der Waals surface area (Å²) in [6.45, 7) is 5.39. The van der Waals surface area contributed by atoms with Crippen molar-refractivity contribution < 1.29 is 37.9 Å². The third-order valence-corrected chi connectivity index (χ3v) is 5.92. The van der Waals surface area contributed by atoms with Gasteiger partial charge >= 0.3 is 23.8 Å². The standard InChI is InChI=1S/C27H30N4O9/c1-26(2,3)39-23(33)27(28,22(32)36-4)13-16-5-11-19(12-6-16)37-15-20-14-31(25(35)38-20)18-9-7-17(8-10-18)21-29-24(34)40-30-21/h5-12,20H,13-15,28H2,1-4H3,(H,29,30,34). The van der Waals surface area contributed by atoms with E-state index in [1.807, 2.05) is 0 Å². The Balaban J connectivity index is 1.34. The molecular formula is C27H30N4O9. The van der Waals surface area contributed by atoms with Gasteiger partial charge in [-0.05, 0) is 62.7 Å². The molecule has 4 rings (SSSR count). The first-order valence-electron chi connectivity index (χ1n) is 12.3. The molecule has 1 aliphatic heterocycles. The number of rotatable bonds is 9. The van der Waals surface area contributed by atoms with Crippen LogP contribution in [0.25, 0.3) is 11.4 Å². The number of amides is 1. The highest BCUT2D eigenvalue weighted by Gasteiger charge is 2.46. The zero-order valence-electron chi connectivity index (χ0n) is 22.5. The minimum absolute atomic E-state index is 0.0980. The number of benzene rings is 2. The smallest absolute Gasteiger partial charge is 0.439 e. The normalized spacial score (nSPS) is 16.7. The van der Waals surface area contributed by atoms with Gasteiger partial charge in [-0.3, -0.25) is 14.4 Å². The molecule has 2 heterocycles. The number of anilines is 1. The lowest BCUT2D eigenvalue weighted by Gasteiger charge is -2.29. The highest BCUT2D eigenvalue weighted by Crippen LogP contribution is 2.26. The Bertz CT molecular complexity index is 1420. The predicted octanol–water partition coefficient (Wildman–Crippen LogP) is 2.19. The summed E-state index contributed by atoms with van der Waals surface area (Å²) in [6.07, 6.45) is -1.19. The lowest BCUT2D eigenvalue weighted by atomic mass is 9.91. The van der Waals surface area contributed by atoms with Crippen LogP contribution in [0.4, 0.5) is 10.5 Å². The zero-order chi connectivity index (χ0) is 29.1. The summed E-state index contributed by atoms with van der Waals surface area (Å²) < 4.78 is 25.8. The largest absolute Gasteiger partial charge is 0.490 e. The SMILES string of the molecule is COC(=O)C(N)(Cc1ccc(OCC2CN(c3ccc(-c4noc(=O)[nH]4)cc3)C(=O)O2)cc1)C(=O)OC(C)(C)C. The van der Waals surface area contributed by atoms with Crippen molar-refractivity contribution in [1.29, 1.82) is 0 Å². The summed E-state index contributed by atoms with van der Waals surface area (Å²) in [5.41, 5.74) is 5.13. The van der Waals surface area contributed by atoms with Crippen molar-refractivity contribution in [2.24, 2.45) is 5.73 Å². The molecule has 0 spiro atoms. The third-order valence-electron chi connectivity index (χ3n) is 5.92. The zero-order valence-corrected chi connectivity index (χ0v) is 22.5. The van der Waals surface area contributed by atoms with Crippen LogP contribution in [0.5, 0.6) is 5.75 Å². The Morgan fingerprint density at radius 3 is 2.33 bits per heavy atom. The van der Waals surface area contributed by atoms with Gasteiger partial charge in [0.05, 0.1) is 13.7 Å². The van der Waals surface area contributed by atoms with Crippen molar-refractivity contribution >= 4 is 23.7 Å². The summed E-state index contributed by atoms with van der Waals surface area (Å²) in [6, 6.07) is 13.4. The number of aromatic amines is 1. The van der Waals surface area contributed by atoms with Crippen molar-refractivity contribution in [3.05, 3.63) is 64.6 Å². The van der Waals surface area contributed by atoms with Crippen LogP contribution < -0.4 is 21.1 Å². The molecule has 1 amide bonds. The minimum atomic E-state index is -2.02. The van der Waals surface area contributed by atoms with E-state index in [0.717, 1.165) is 7.11 Å². The van der Waals surface area contributed by atoms with Crippen molar-refractivity contribution in [2.45, 2.75) is 44.4 Å². The molecule has 1 aromatic heterocycles. The van der Waals surface area contributed by atoms with E-state index in [4.69, 9.17) is 24.7 Å². The molecule has 13 heteroatoms. The number of methoxy groups -OCH3 is 1. The van der Waals surface area contributed by atoms with Crippen LogP contribution in [0.1, 0.15) is 26.3 Å². The van der Waals surface area contributed by atoms with E-state index >= 15 is 0 Å². The number of esters is 2. The monoisotopic (exact) mass is 554 g/mol. The number of carbonyl (C=O) groups excluding carboxylic acids is 3. The second-order valence-corrected chi connectivity index (χ2v) is 10.2. The number of hydrogen-bond donors (Lipinski definition) is 2. The first kappa shape index (κ1) is 28.4. The molecule has 1 fully saturated rings. The summed E-state index contributed by atoms with van der Waals surface area (Å²) >= 11 is 0. The predicted molar refractivity (Wildman–Crippen MR) is 141 cm³/mol. The minimum Gasteiger partial charge on any atom is -0.490 e. The number of nitrogens with zero attached hydrogens (tertiary/aromatic N) is 2. The molecule has 3 N–H and O–H groups in total. The maximum absolute atomic E-state index is 12.7. The molecule has 2 unspecified atom stereocenters. The van der Waals surface area contributed by atoms with Crippen LogP contribution in [0.15, 0.2) is 57.8 Å². The van der Waals surface area contributed by atoms with E-state index in [2.05, 4.69) is 14.7 Å². The highest BCUT2D eigenvalue weighted by molar-refractivity contribution is 6.05. The molecule has 0 bridgehead atoms. The number of aromatic nitrogens is 2. The van der Waals surface area contributed by atoms with Crippen molar-refractivity contribution in [1.82, 2.24) is 10.1 Å². The van der Waals surface area contributed by atoms with Gasteiger partial charge in [0, 0.05) is 17.7 Å². The number of H-pyrrole nitrogens is 1. The fourth-order valence-electron chi connectivity index (χ4n) is 3.97. The van der Waals surface area contributed by atoms with Crippen LogP contribution in [0, 0.1) is 0 Å². The maximum Gasteiger partial charge on any atom is 0.439 e. The highest BCUT2D eigenvalue weighted by atomic mass is 16.6. The van der Waals surface area contributed by atoms with Crippen LogP contribution in [-0.4, -0.2) is 65.7 Å². The second-order valence-electron chi connectivity index (χ2n) is 10.2. The Kier molecular flexibility index (Phi) is 7.96. The van der Waals surface area contributed by atoms with Gasteiger partial charge in [-0.2, -0.15) is 0 Å². The van der Waals surface area contributed by atoms with Crippen LogP contribution in [0.3, 0.4) is 0 Å². The van der Waals surface area contributed by atoms with Crippen molar-refractivity contribution in [2.75, 3.05) is 25.2 Å². The molecule has 2 aromatic carbocycles. The third kappa shape index (κ3) is 6.49. The quantitative estimate of drug-likeness (QED) is 0.225. The molecule has 13 nitrogen and oxygen atoms in total. The van der Waals surface area contributed by atoms with Crippen LogP contribution in [0.2, 0.25) is 0 Å². The average molecular weight is 555 g/mol. The number of ether oxygens (including phenoxy) is 4. The van der Waals surface area contributed by atoms with E-state index in [0.29, 0.717) is 22.6 Å². The summed E-state index contributed by atoms with van der Waals surface area (Å²) in [7, 11) is 1.15. The average Bonchev–Trinajstić information content (AvgIpc) is 3.51.